The van der Waals surface area contributed by atoms with Crippen LogP contribution < -0.4 is 5.73 Å². The highest BCUT2D eigenvalue weighted by molar-refractivity contribution is 5.40. The normalized spacial score (nSPS) is 18.1. The van der Waals surface area contributed by atoms with Crippen molar-refractivity contribution in [1.29, 1.82) is 0 Å². The molecule has 6 nitrogen and oxygen atoms in total. The average molecular weight is 245 g/mol. The SMILES string of the molecule is NCC1(c2nc(-c3ncccn3)no2)CCCC1. The Labute approximate surface area is 105 Å². The van der Waals surface area contributed by atoms with Gasteiger partial charge in [-0.15, -0.1) is 0 Å². The number of nitrogens with two attached hydrogens (primary N) is 1. The van der Waals surface area contributed by atoms with Gasteiger partial charge in [-0.3, -0.25) is 0 Å². The van der Waals surface area contributed by atoms with Crippen LogP contribution in [0.3, 0.4) is 0 Å². The van der Waals surface area contributed by atoms with Gasteiger partial charge in [-0.25, -0.2) is 9.97 Å². The van der Waals surface area contributed by atoms with Gasteiger partial charge in [-0.05, 0) is 18.9 Å². The van der Waals surface area contributed by atoms with E-state index in [-0.39, 0.29) is 5.41 Å². The van der Waals surface area contributed by atoms with Crippen molar-refractivity contribution in [3.63, 3.8) is 0 Å². The van der Waals surface area contributed by atoms with Crippen LogP contribution in [0.25, 0.3) is 11.6 Å². The minimum atomic E-state index is -0.139. The Hall–Kier alpha value is -1.82. The predicted octanol–water partition coefficient (Wildman–Crippen LogP) is 1.30. The molecule has 0 radical (unpaired) electrons. The van der Waals surface area contributed by atoms with Gasteiger partial charge < -0.3 is 10.3 Å². The Morgan fingerprint density at radius 2 is 1.89 bits per heavy atom. The zero-order valence-electron chi connectivity index (χ0n) is 10.0. The summed E-state index contributed by atoms with van der Waals surface area (Å²) in [6.45, 7) is 0.546. The van der Waals surface area contributed by atoms with Crippen molar-refractivity contribution in [1.82, 2.24) is 20.1 Å². The van der Waals surface area contributed by atoms with Crippen molar-refractivity contribution in [2.24, 2.45) is 5.73 Å². The molecule has 2 N–H and O–H groups in total. The summed E-state index contributed by atoms with van der Waals surface area (Å²) in [4.78, 5) is 12.6. The largest absolute Gasteiger partial charge is 0.338 e. The lowest BCUT2D eigenvalue weighted by atomic mass is 9.86. The summed E-state index contributed by atoms with van der Waals surface area (Å²) in [6.07, 6.45) is 7.67. The van der Waals surface area contributed by atoms with Crippen LogP contribution in [0.15, 0.2) is 23.0 Å². The third-order valence-electron chi connectivity index (χ3n) is 3.60. The van der Waals surface area contributed by atoms with Crippen LogP contribution in [0, 0.1) is 0 Å². The first-order valence-electron chi connectivity index (χ1n) is 6.16. The predicted molar refractivity (Wildman–Crippen MR) is 64.5 cm³/mol. The third kappa shape index (κ3) is 1.78. The fourth-order valence-corrected chi connectivity index (χ4v) is 2.50. The lowest BCUT2D eigenvalue weighted by Gasteiger charge is -2.21. The van der Waals surface area contributed by atoms with Crippen LogP contribution in [-0.4, -0.2) is 26.7 Å². The zero-order chi connectivity index (χ0) is 12.4. The van der Waals surface area contributed by atoms with Crippen molar-refractivity contribution in [3.8, 4) is 11.6 Å². The van der Waals surface area contributed by atoms with Gasteiger partial charge in [0.15, 0.2) is 0 Å². The van der Waals surface area contributed by atoms with Crippen molar-refractivity contribution < 1.29 is 4.52 Å². The minimum absolute atomic E-state index is 0.139. The molecule has 1 aliphatic carbocycles. The molecule has 1 saturated carbocycles. The summed E-state index contributed by atoms with van der Waals surface area (Å²) >= 11 is 0. The molecule has 18 heavy (non-hydrogen) atoms. The van der Waals surface area contributed by atoms with E-state index < -0.39 is 0 Å². The van der Waals surface area contributed by atoms with E-state index in [1.165, 1.54) is 0 Å². The lowest BCUT2D eigenvalue weighted by molar-refractivity contribution is 0.284. The summed E-state index contributed by atoms with van der Waals surface area (Å²) in [5, 5.41) is 3.96. The molecule has 0 saturated heterocycles. The monoisotopic (exact) mass is 245 g/mol. The fourth-order valence-electron chi connectivity index (χ4n) is 2.50. The molecular formula is C12H15N5O. The van der Waals surface area contributed by atoms with Crippen LogP contribution >= 0.6 is 0 Å². The minimum Gasteiger partial charge on any atom is -0.338 e. The topological polar surface area (TPSA) is 90.7 Å². The fraction of sp³-hybridized carbons (Fsp3) is 0.500. The van der Waals surface area contributed by atoms with E-state index in [0.717, 1.165) is 25.7 Å². The first-order chi connectivity index (χ1) is 8.84. The first kappa shape index (κ1) is 11.3. The molecule has 0 unspecified atom stereocenters. The zero-order valence-corrected chi connectivity index (χ0v) is 10.0. The maximum absolute atomic E-state index is 5.89. The number of aromatic nitrogens is 4. The quantitative estimate of drug-likeness (QED) is 0.876. The third-order valence-corrected chi connectivity index (χ3v) is 3.60. The Kier molecular flexibility index (Phi) is 2.79. The number of hydrogen-bond acceptors (Lipinski definition) is 6. The van der Waals surface area contributed by atoms with E-state index in [1.807, 2.05) is 0 Å². The van der Waals surface area contributed by atoms with E-state index in [4.69, 9.17) is 10.3 Å². The molecule has 2 aromatic heterocycles. The van der Waals surface area contributed by atoms with Gasteiger partial charge >= 0.3 is 0 Å². The van der Waals surface area contributed by atoms with Gasteiger partial charge in [0.1, 0.15) is 0 Å². The van der Waals surface area contributed by atoms with Crippen molar-refractivity contribution >= 4 is 0 Å². The molecule has 3 rings (SSSR count). The van der Waals surface area contributed by atoms with Gasteiger partial charge in [-0.2, -0.15) is 4.98 Å². The Bertz CT molecular complexity index is 518. The first-order valence-corrected chi connectivity index (χ1v) is 6.16. The van der Waals surface area contributed by atoms with Crippen molar-refractivity contribution in [2.45, 2.75) is 31.1 Å². The molecular weight excluding hydrogens is 230 g/mol. The van der Waals surface area contributed by atoms with Gasteiger partial charge in [-0.1, -0.05) is 18.0 Å². The highest BCUT2D eigenvalue weighted by Crippen LogP contribution is 2.39. The summed E-state index contributed by atoms with van der Waals surface area (Å²) in [6, 6.07) is 1.75. The Morgan fingerprint density at radius 3 is 2.56 bits per heavy atom. The van der Waals surface area contributed by atoms with Gasteiger partial charge in [0, 0.05) is 18.9 Å². The van der Waals surface area contributed by atoms with Gasteiger partial charge in [0.2, 0.25) is 17.5 Å². The second kappa shape index (κ2) is 4.45. The van der Waals surface area contributed by atoms with Crippen molar-refractivity contribution in [3.05, 3.63) is 24.4 Å². The molecule has 2 aromatic rings. The number of hydrogen-bond donors (Lipinski definition) is 1. The molecule has 1 aliphatic rings. The van der Waals surface area contributed by atoms with Gasteiger partial charge in [0.05, 0.1) is 5.41 Å². The summed E-state index contributed by atoms with van der Waals surface area (Å²) in [5.74, 6) is 1.55. The second-order valence-corrected chi connectivity index (χ2v) is 4.69. The van der Waals surface area contributed by atoms with Crippen molar-refractivity contribution in [2.75, 3.05) is 6.54 Å². The molecule has 0 aromatic carbocycles. The smallest absolute Gasteiger partial charge is 0.240 e. The number of nitrogens with zero attached hydrogens (tertiary/aromatic N) is 4. The van der Waals surface area contributed by atoms with E-state index in [0.29, 0.717) is 24.1 Å². The van der Waals surface area contributed by atoms with Crippen LogP contribution in [0.1, 0.15) is 31.6 Å². The summed E-state index contributed by atoms with van der Waals surface area (Å²) in [5.41, 5.74) is 5.75. The van der Waals surface area contributed by atoms with Crippen LogP contribution in [0.2, 0.25) is 0 Å². The van der Waals surface area contributed by atoms with Crippen LogP contribution in [-0.2, 0) is 5.41 Å². The van der Waals surface area contributed by atoms with E-state index in [9.17, 15) is 0 Å². The summed E-state index contributed by atoms with van der Waals surface area (Å²) in [7, 11) is 0. The highest BCUT2D eigenvalue weighted by atomic mass is 16.5. The Balaban J connectivity index is 1.94. The van der Waals surface area contributed by atoms with Gasteiger partial charge in [0.25, 0.3) is 0 Å². The molecule has 0 amide bonds. The van der Waals surface area contributed by atoms with E-state index in [1.54, 1.807) is 18.5 Å². The molecule has 0 bridgehead atoms. The van der Waals surface area contributed by atoms with E-state index in [2.05, 4.69) is 20.1 Å². The highest BCUT2D eigenvalue weighted by Gasteiger charge is 2.39. The molecule has 0 atom stereocenters. The average Bonchev–Trinajstić information content (AvgIpc) is 3.09. The molecule has 0 aliphatic heterocycles. The standard InChI is InChI=1S/C12H15N5O/c13-8-12(4-1-2-5-12)11-16-10(17-18-11)9-14-6-3-7-15-9/h3,6-7H,1-2,4-5,8,13H2. The number of rotatable bonds is 3. The maximum Gasteiger partial charge on any atom is 0.240 e. The van der Waals surface area contributed by atoms with Crippen LogP contribution in [0.4, 0.5) is 0 Å². The summed E-state index contributed by atoms with van der Waals surface area (Å²) < 4.78 is 5.38. The lowest BCUT2D eigenvalue weighted by Crippen LogP contribution is -2.32. The molecule has 0 spiro atoms. The van der Waals surface area contributed by atoms with E-state index >= 15 is 0 Å². The maximum atomic E-state index is 5.89. The Morgan fingerprint density at radius 1 is 1.17 bits per heavy atom. The van der Waals surface area contributed by atoms with Crippen LogP contribution in [0.5, 0.6) is 0 Å². The second-order valence-electron chi connectivity index (χ2n) is 4.69. The molecule has 94 valence electrons. The molecule has 1 fully saturated rings. The molecule has 2 heterocycles. The molecule has 6 heteroatoms.